The highest BCUT2D eigenvalue weighted by Gasteiger charge is 2.28. The van der Waals surface area contributed by atoms with E-state index in [0.717, 1.165) is 12.8 Å². The topological polar surface area (TPSA) is 72.3 Å². The van der Waals surface area contributed by atoms with Gasteiger partial charge in [-0.3, -0.25) is 0 Å². The third-order valence-corrected chi connectivity index (χ3v) is 3.57. The normalized spacial score (nSPS) is 18.2. The zero-order valence-corrected chi connectivity index (χ0v) is 11.2. The van der Waals surface area contributed by atoms with Gasteiger partial charge in [-0.1, -0.05) is 19.3 Å². The van der Waals surface area contributed by atoms with Crippen molar-refractivity contribution in [3.05, 3.63) is 23.8 Å². The van der Waals surface area contributed by atoms with E-state index in [2.05, 4.69) is 9.97 Å². The average molecular weight is 264 g/mol. The summed E-state index contributed by atoms with van der Waals surface area (Å²) in [6.45, 7) is 2.53. The Hall–Kier alpha value is -1.49. The number of aromatic carboxylic acids is 1. The molecule has 0 radical (unpaired) electrons. The van der Waals surface area contributed by atoms with Gasteiger partial charge in [-0.25, -0.2) is 14.8 Å². The van der Waals surface area contributed by atoms with E-state index in [9.17, 15) is 4.79 Å². The van der Waals surface area contributed by atoms with Crippen LogP contribution in [0.25, 0.3) is 0 Å². The number of carbonyl (C=O) groups is 1. The fraction of sp³-hybridized carbons (Fsp3) is 0.643. The molecule has 0 amide bonds. The molecule has 5 nitrogen and oxygen atoms in total. The molecule has 0 saturated heterocycles. The van der Waals surface area contributed by atoms with Crippen LogP contribution in [0.4, 0.5) is 0 Å². The van der Waals surface area contributed by atoms with E-state index >= 15 is 0 Å². The molecule has 1 aromatic heterocycles. The number of carboxylic acids is 1. The minimum absolute atomic E-state index is 0.0329. The predicted molar refractivity (Wildman–Crippen MR) is 69.9 cm³/mol. The zero-order valence-electron chi connectivity index (χ0n) is 11.2. The highest BCUT2D eigenvalue weighted by atomic mass is 16.5. The fourth-order valence-electron chi connectivity index (χ4n) is 2.67. The lowest BCUT2D eigenvalue weighted by molar-refractivity contribution is -0.000372. The molecule has 1 aliphatic rings. The Kier molecular flexibility index (Phi) is 4.85. The molecule has 1 atom stereocenters. The van der Waals surface area contributed by atoms with Gasteiger partial charge in [-0.05, 0) is 31.7 Å². The molecular formula is C14H20N2O3. The molecule has 1 heterocycles. The molecule has 1 N–H and O–H groups in total. The highest BCUT2D eigenvalue weighted by Crippen LogP contribution is 2.35. The van der Waals surface area contributed by atoms with E-state index in [-0.39, 0.29) is 11.8 Å². The molecule has 19 heavy (non-hydrogen) atoms. The number of ether oxygens (including phenoxy) is 1. The van der Waals surface area contributed by atoms with Crippen LogP contribution >= 0.6 is 0 Å². The summed E-state index contributed by atoms with van der Waals surface area (Å²) < 4.78 is 5.78. The first-order chi connectivity index (χ1) is 9.22. The lowest BCUT2D eigenvalue weighted by Gasteiger charge is -2.29. The van der Waals surface area contributed by atoms with E-state index in [0.29, 0.717) is 18.3 Å². The van der Waals surface area contributed by atoms with E-state index in [1.807, 2.05) is 6.92 Å². The molecule has 0 aromatic carbocycles. The van der Waals surface area contributed by atoms with Gasteiger partial charge in [0.05, 0.1) is 0 Å². The Balaban J connectivity index is 2.22. The number of nitrogens with zero attached hydrogens (tertiary/aromatic N) is 2. The van der Waals surface area contributed by atoms with Gasteiger partial charge < -0.3 is 9.84 Å². The highest BCUT2D eigenvalue weighted by molar-refractivity contribution is 5.85. The van der Waals surface area contributed by atoms with Gasteiger partial charge in [-0.15, -0.1) is 0 Å². The molecule has 1 fully saturated rings. The van der Waals surface area contributed by atoms with Crippen molar-refractivity contribution in [1.82, 2.24) is 9.97 Å². The Labute approximate surface area is 113 Å². The molecule has 1 aliphatic carbocycles. The Morgan fingerprint density at radius 2 is 2.21 bits per heavy atom. The first-order valence-corrected chi connectivity index (χ1v) is 6.90. The summed E-state index contributed by atoms with van der Waals surface area (Å²) in [5.74, 6) is -0.117. The van der Waals surface area contributed by atoms with Crippen LogP contribution in [0.5, 0.6) is 0 Å². The summed E-state index contributed by atoms with van der Waals surface area (Å²) in [6.07, 6.45) is 7.20. The molecule has 104 valence electrons. The molecule has 5 heteroatoms. The molecule has 1 unspecified atom stereocenters. The molecule has 1 saturated carbocycles. The first-order valence-electron chi connectivity index (χ1n) is 6.90. The fourth-order valence-corrected chi connectivity index (χ4v) is 2.67. The quantitative estimate of drug-likeness (QED) is 0.885. The van der Waals surface area contributed by atoms with Crippen LogP contribution in [0.2, 0.25) is 0 Å². The van der Waals surface area contributed by atoms with E-state index in [4.69, 9.17) is 9.84 Å². The summed E-state index contributed by atoms with van der Waals surface area (Å²) in [6, 6.07) is 1.41. The molecule has 1 aromatic rings. The van der Waals surface area contributed by atoms with Crippen molar-refractivity contribution in [3.8, 4) is 0 Å². The number of hydrogen-bond donors (Lipinski definition) is 1. The van der Waals surface area contributed by atoms with Crippen molar-refractivity contribution in [2.24, 2.45) is 5.92 Å². The predicted octanol–water partition coefficient (Wildman–Crippen LogP) is 2.83. The van der Waals surface area contributed by atoms with Crippen molar-refractivity contribution in [1.29, 1.82) is 0 Å². The van der Waals surface area contributed by atoms with Crippen LogP contribution < -0.4 is 0 Å². The van der Waals surface area contributed by atoms with E-state index < -0.39 is 5.97 Å². The Morgan fingerprint density at radius 1 is 1.47 bits per heavy atom. The van der Waals surface area contributed by atoms with Gasteiger partial charge in [-0.2, -0.15) is 0 Å². The maximum Gasteiger partial charge on any atom is 0.354 e. The largest absolute Gasteiger partial charge is 0.477 e. The first kappa shape index (κ1) is 13.9. The summed E-state index contributed by atoms with van der Waals surface area (Å²) in [7, 11) is 0. The maximum atomic E-state index is 11.0. The minimum Gasteiger partial charge on any atom is -0.477 e. The smallest absolute Gasteiger partial charge is 0.354 e. The molecule has 0 bridgehead atoms. The van der Waals surface area contributed by atoms with Crippen LogP contribution in [0.15, 0.2) is 12.3 Å². The van der Waals surface area contributed by atoms with Crippen LogP contribution in [-0.4, -0.2) is 27.7 Å². The number of carboxylic acid groups (broad SMARTS) is 1. The van der Waals surface area contributed by atoms with Gasteiger partial charge in [0, 0.05) is 12.8 Å². The van der Waals surface area contributed by atoms with Gasteiger partial charge in [0.15, 0.2) is 11.5 Å². The van der Waals surface area contributed by atoms with Crippen LogP contribution in [0, 0.1) is 5.92 Å². The van der Waals surface area contributed by atoms with Gasteiger partial charge in [0.1, 0.15) is 6.10 Å². The molecule has 2 rings (SSSR count). The standard InChI is InChI=1S/C14H20N2O3/c1-2-19-12(10-6-4-3-5-7-10)13-15-9-8-11(16-13)14(17)18/h8-10,12H,2-7H2,1H3,(H,17,18). The van der Waals surface area contributed by atoms with E-state index in [1.54, 1.807) is 0 Å². The second-order valence-corrected chi connectivity index (χ2v) is 4.88. The van der Waals surface area contributed by atoms with Crippen LogP contribution in [-0.2, 0) is 4.74 Å². The molecule has 0 aliphatic heterocycles. The van der Waals surface area contributed by atoms with Gasteiger partial charge in [0.25, 0.3) is 0 Å². The summed E-state index contributed by atoms with van der Waals surface area (Å²) in [5.41, 5.74) is 0.0329. The molecular weight excluding hydrogens is 244 g/mol. The van der Waals surface area contributed by atoms with Crippen molar-refractivity contribution in [3.63, 3.8) is 0 Å². The van der Waals surface area contributed by atoms with Gasteiger partial charge in [0.2, 0.25) is 0 Å². The van der Waals surface area contributed by atoms with Crippen molar-refractivity contribution in [2.45, 2.75) is 45.1 Å². The lowest BCUT2D eigenvalue weighted by Crippen LogP contribution is -2.22. The monoisotopic (exact) mass is 264 g/mol. The zero-order chi connectivity index (χ0) is 13.7. The van der Waals surface area contributed by atoms with E-state index in [1.165, 1.54) is 31.5 Å². The van der Waals surface area contributed by atoms with Crippen molar-refractivity contribution in [2.75, 3.05) is 6.61 Å². The van der Waals surface area contributed by atoms with Crippen LogP contribution in [0.1, 0.15) is 61.4 Å². The average Bonchev–Trinajstić information content (AvgIpc) is 2.46. The van der Waals surface area contributed by atoms with Crippen molar-refractivity contribution >= 4 is 5.97 Å². The summed E-state index contributed by atoms with van der Waals surface area (Å²) in [5, 5.41) is 9.00. The second-order valence-electron chi connectivity index (χ2n) is 4.88. The maximum absolute atomic E-state index is 11.0. The van der Waals surface area contributed by atoms with Crippen molar-refractivity contribution < 1.29 is 14.6 Å². The third kappa shape index (κ3) is 3.50. The Morgan fingerprint density at radius 3 is 2.84 bits per heavy atom. The minimum atomic E-state index is -1.03. The van der Waals surface area contributed by atoms with Crippen LogP contribution in [0.3, 0.4) is 0 Å². The summed E-state index contributed by atoms with van der Waals surface area (Å²) >= 11 is 0. The van der Waals surface area contributed by atoms with Gasteiger partial charge >= 0.3 is 5.97 Å². The Bertz CT molecular complexity index is 430. The number of hydrogen-bond acceptors (Lipinski definition) is 4. The SMILES string of the molecule is CCOC(c1nccc(C(=O)O)n1)C1CCCCC1. The molecule has 0 spiro atoms. The number of rotatable bonds is 5. The summed E-state index contributed by atoms with van der Waals surface area (Å²) in [4.78, 5) is 19.3. The third-order valence-electron chi connectivity index (χ3n) is 3.57. The lowest BCUT2D eigenvalue weighted by atomic mass is 9.85. The number of aromatic nitrogens is 2. The second kappa shape index (κ2) is 6.61.